The summed E-state index contributed by atoms with van der Waals surface area (Å²) < 4.78 is 0. The van der Waals surface area contributed by atoms with E-state index >= 15 is 0 Å². The van der Waals surface area contributed by atoms with E-state index in [1.54, 1.807) is 0 Å². The highest BCUT2D eigenvalue weighted by molar-refractivity contribution is 5.81. The summed E-state index contributed by atoms with van der Waals surface area (Å²) in [6.07, 6.45) is -2.61. The maximum absolute atomic E-state index is 10.7. The topological polar surface area (TPSA) is 118 Å². The lowest BCUT2D eigenvalue weighted by molar-refractivity contribution is -0.151. The van der Waals surface area contributed by atoms with Gasteiger partial charge in [-0.05, 0) is 12.8 Å². The summed E-state index contributed by atoms with van der Waals surface area (Å²) >= 11 is 0. The fraction of sp³-hybridized carbons (Fsp3) is 0.571. The second-order valence-electron chi connectivity index (χ2n) is 3.03. The van der Waals surface area contributed by atoms with E-state index in [-0.39, 0.29) is 13.0 Å². The third-order valence-electron chi connectivity index (χ3n) is 2.10. The molecule has 1 heterocycles. The normalized spacial score (nSPS) is 21.2. The molecular formula is C7H10N2O6. The summed E-state index contributed by atoms with van der Waals surface area (Å²) in [4.78, 5) is 32.1. The number of hydrogen-bond donors (Lipinski definition) is 3. The van der Waals surface area contributed by atoms with Crippen LogP contribution in [0.1, 0.15) is 12.8 Å². The van der Waals surface area contributed by atoms with E-state index in [9.17, 15) is 14.4 Å². The van der Waals surface area contributed by atoms with Crippen LogP contribution in [0.2, 0.25) is 0 Å². The molecule has 1 rings (SSSR count). The van der Waals surface area contributed by atoms with Gasteiger partial charge in [0.05, 0.1) is 0 Å². The Kier molecular flexibility index (Phi) is 2.98. The number of hydrazine groups is 1. The summed E-state index contributed by atoms with van der Waals surface area (Å²) in [6.45, 7) is -0.00852. The highest BCUT2D eigenvalue weighted by atomic mass is 16.4. The van der Waals surface area contributed by atoms with Crippen molar-refractivity contribution >= 4 is 18.2 Å². The first-order valence-corrected chi connectivity index (χ1v) is 4.20. The van der Waals surface area contributed by atoms with E-state index in [2.05, 4.69) is 0 Å². The van der Waals surface area contributed by atoms with Crippen molar-refractivity contribution < 1.29 is 29.7 Å². The van der Waals surface area contributed by atoms with Gasteiger partial charge in [0.25, 0.3) is 0 Å². The van der Waals surface area contributed by atoms with Crippen molar-refractivity contribution in [3.8, 4) is 0 Å². The maximum atomic E-state index is 10.7. The van der Waals surface area contributed by atoms with Crippen molar-refractivity contribution in [3.05, 3.63) is 0 Å². The predicted octanol–water partition coefficient (Wildman–Crippen LogP) is 0.108. The van der Waals surface area contributed by atoms with Gasteiger partial charge in [-0.15, -0.1) is 0 Å². The Bertz CT molecular complexity index is 282. The molecular weight excluding hydrogens is 208 g/mol. The van der Waals surface area contributed by atoms with Gasteiger partial charge in [-0.25, -0.2) is 19.4 Å². The molecule has 1 fully saturated rings. The molecule has 0 aromatic carbocycles. The minimum absolute atomic E-state index is 0.00852. The number of rotatable bonds is 1. The molecule has 84 valence electrons. The van der Waals surface area contributed by atoms with Gasteiger partial charge in [-0.2, -0.15) is 5.01 Å². The minimum Gasteiger partial charge on any atom is -0.480 e. The molecule has 3 N–H and O–H groups in total. The van der Waals surface area contributed by atoms with Crippen LogP contribution < -0.4 is 0 Å². The fourth-order valence-corrected chi connectivity index (χ4v) is 1.49. The molecule has 1 saturated heterocycles. The average molecular weight is 218 g/mol. The molecule has 0 aromatic rings. The molecule has 2 amide bonds. The molecule has 0 aromatic heterocycles. The largest absolute Gasteiger partial charge is 0.480 e. The second-order valence-corrected chi connectivity index (χ2v) is 3.03. The van der Waals surface area contributed by atoms with Crippen molar-refractivity contribution in [1.29, 1.82) is 0 Å². The molecule has 0 aliphatic carbocycles. The van der Waals surface area contributed by atoms with Crippen LogP contribution in [0.3, 0.4) is 0 Å². The molecule has 0 saturated carbocycles. The van der Waals surface area contributed by atoms with Crippen LogP contribution in [0.15, 0.2) is 0 Å². The van der Waals surface area contributed by atoms with Gasteiger partial charge in [0.15, 0.2) is 6.04 Å². The zero-order valence-corrected chi connectivity index (χ0v) is 7.66. The van der Waals surface area contributed by atoms with Gasteiger partial charge in [0.1, 0.15) is 0 Å². The van der Waals surface area contributed by atoms with Crippen LogP contribution in [0.25, 0.3) is 0 Å². The summed E-state index contributed by atoms with van der Waals surface area (Å²) in [6, 6.07) is -1.33. The fourth-order valence-electron chi connectivity index (χ4n) is 1.49. The molecule has 8 nitrogen and oxygen atoms in total. The molecule has 8 heteroatoms. The van der Waals surface area contributed by atoms with Gasteiger partial charge in [0.2, 0.25) is 0 Å². The van der Waals surface area contributed by atoms with Crippen LogP contribution in [0.5, 0.6) is 0 Å². The number of aliphatic carboxylic acids is 1. The van der Waals surface area contributed by atoms with E-state index in [1.165, 1.54) is 0 Å². The van der Waals surface area contributed by atoms with Gasteiger partial charge in [-0.3, -0.25) is 0 Å². The van der Waals surface area contributed by atoms with E-state index in [1.807, 2.05) is 0 Å². The monoisotopic (exact) mass is 218 g/mol. The van der Waals surface area contributed by atoms with E-state index < -0.39 is 24.2 Å². The summed E-state index contributed by atoms with van der Waals surface area (Å²) in [5.74, 6) is -1.34. The molecule has 0 bridgehead atoms. The third kappa shape index (κ3) is 2.09. The predicted molar refractivity (Wildman–Crippen MR) is 45.3 cm³/mol. The Morgan fingerprint density at radius 3 is 2.07 bits per heavy atom. The van der Waals surface area contributed by atoms with Crippen LogP contribution in [0, 0.1) is 0 Å². The second kappa shape index (κ2) is 4.03. The molecule has 0 radical (unpaired) electrons. The van der Waals surface area contributed by atoms with Crippen LogP contribution in [-0.4, -0.2) is 56.1 Å². The summed E-state index contributed by atoms with van der Waals surface area (Å²) in [7, 11) is 0. The smallest absolute Gasteiger partial charge is 0.427 e. The molecule has 15 heavy (non-hydrogen) atoms. The molecule has 0 spiro atoms. The lowest BCUT2D eigenvalue weighted by Crippen LogP contribution is -2.59. The first-order chi connectivity index (χ1) is 6.95. The standard InChI is InChI=1S/C7H10N2O6/c10-5(11)4-2-1-3-8(6(12)13)9(4)7(14)15/h4H,1-3H2,(H,10,11)(H,12,13)(H,14,15)/t4-/m1/s1. The Hall–Kier alpha value is -1.99. The van der Waals surface area contributed by atoms with Gasteiger partial charge in [-0.1, -0.05) is 0 Å². The lowest BCUT2D eigenvalue weighted by atomic mass is 10.1. The molecule has 1 atom stereocenters. The van der Waals surface area contributed by atoms with Crippen molar-refractivity contribution in [3.63, 3.8) is 0 Å². The van der Waals surface area contributed by atoms with Crippen LogP contribution in [-0.2, 0) is 4.79 Å². The Balaban J connectivity index is 2.95. The molecule has 1 aliphatic heterocycles. The molecule has 0 unspecified atom stereocenters. The Morgan fingerprint density at radius 2 is 1.67 bits per heavy atom. The average Bonchev–Trinajstić information content (AvgIpc) is 2.16. The Labute approximate surface area is 84.3 Å². The first kappa shape index (κ1) is 11.1. The quantitative estimate of drug-likeness (QED) is 0.574. The maximum Gasteiger partial charge on any atom is 0.427 e. The summed E-state index contributed by atoms with van der Waals surface area (Å²) in [5.41, 5.74) is 0. The van der Waals surface area contributed by atoms with Crippen molar-refractivity contribution in [2.45, 2.75) is 18.9 Å². The van der Waals surface area contributed by atoms with Crippen LogP contribution in [0.4, 0.5) is 9.59 Å². The van der Waals surface area contributed by atoms with Crippen molar-refractivity contribution in [2.75, 3.05) is 6.54 Å². The van der Waals surface area contributed by atoms with Gasteiger partial charge < -0.3 is 15.3 Å². The zero-order valence-electron chi connectivity index (χ0n) is 7.66. The van der Waals surface area contributed by atoms with Gasteiger partial charge >= 0.3 is 18.2 Å². The number of carboxylic acids is 1. The van der Waals surface area contributed by atoms with E-state index in [0.29, 0.717) is 16.4 Å². The van der Waals surface area contributed by atoms with Gasteiger partial charge in [0, 0.05) is 6.54 Å². The Morgan fingerprint density at radius 1 is 1.07 bits per heavy atom. The van der Waals surface area contributed by atoms with Crippen molar-refractivity contribution in [1.82, 2.24) is 10.0 Å². The minimum atomic E-state index is -1.58. The highest BCUT2D eigenvalue weighted by Gasteiger charge is 2.39. The first-order valence-electron chi connectivity index (χ1n) is 4.20. The van der Waals surface area contributed by atoms with Crippen LogP contribution >= 0.6 is 0 Å². The number of carbonyl (C=O) groups is 3. The lowest BCUT2D eigenvalue weighted by Gasteiger charge is -2.38. The number of nitrogens with zero attached hydrogens (tertiary/aromatic N) is 2. The zero-order chi connectivity index (χ0) is 11.6. The van der Waals surface area contributed by atoms with E-state index in [4.69, 9.17) is 15.3 Å². The highest BCUT2D eigenvalue weighted by Crippen LogP contribution is 2.18. The third-order valence-corrected chi connectivity index (χ3v) is 2.10. The molecule has 1 aliphatic rings. The number of hydrogen-bond acceptors (Lipinski definition) is 3. The SMILES string of the molecule is O=C(O)[C@H]1CCCN(C(=O)O)N1C(=O)O. The summed E-state index contributed by atoms with van der Waals surface area (Å²) in [5, 5.41) is 27.0. The van der Waals surface area contributed by atoms with E-state index in [0.717, 1.165) is 0 Å². The van der Waals surface area contributed by atoms with Crippen molar-refractivity contribution in [2.24, 2.45) is 0 Å². The number of amides is 2. The number of carboxylic acid groups (broad SMARTS) is 3.